The summed E-state index contributed by atoms with van der Waals surface area (Å²) in [5, 5.41) is 3.02. The molecule has 2 heterocycles. The Hall–Kier alpha value is -2.18. The molecule has 1 fully saturated rings. The molecule has 0 radical (unpaired) electrons. The molecule has 1 atom stereocenters. The zero-order valence-electron chi connectivity index (χ0n) is 15.6. The van der Waals surface area contributed by atoms with Crippen LogP contribution >= 0.6 is 23.5 Å². The summed E-state index contributed by atoms with van der Waals surface area (Å²) in [6, 6.07) is 15.7. The summed E-state index contributed by atoms with van der Waals surface area (Å²) in [6.45, 7) is 1.53. The van der Waals surface area contributed by atoms with E-state index in [0.29, 0.717) is 4.58 Å². The molecule has 0 aliphatic carbocycles. The molecular formula is C22H22N2O2S2. The number of rotatable bonds is 4. The van der Waals surface area contributed by atoms with E-state index < -0.39 is 0 Å². The van der Waals surface area contributed by atoms with Crippen LogP contribution in [0.4, 0.5) is 5.69 Å². The fourth-order valence-electron chi connectivity index (χ4n) is 3.61. The lowest BCUT2D eigenvalue weighted by Gasteiger charge is -2.32. The van der Waals surface area contributed by atoms with E-state index in [-0.39, 0.29) is 24.3 Å². The summed E-state index contributed by atoms with van der Waals surface area (Å²) in [5.74, 6) is 2.18. The van der Waals surface area contributed by atoms with Gasteiger partial charge in [0, 0.05) is 30.3 Å². The first-order chi connectivity index (χ1) is 13.6. The first-order valence-electron chi connectivity index (χ1n) is 9.31. The van der Waals surface area contributed by atoms with E-state index >= 15 is 0 Å². The van der Waals surface area contributed by atoms with E-state index in [0.717, 1.165) is 16.8 Å². The highest BCUT2D eigenvalue weighted by molar-refractivity contribution is 8.19. The number of carbonyl (C=O) groups excluding carboxylic acids is 2. The van der Waals surface area contributed by atoms with Gasteiger partial charge in [-0.15, -0.1) is 23.5 Å². The minimum Gasteiger partial charge on any atom is -0.326 e. The number of fused-ring (bicyclic) bond motifs is 1. The quantitative estimate of drug-likeness (QED) is 0.765. The van der Waals surface area contributed by atoms with Gasteiger partial charge in [-0.2, -0.15) is 0 Å². The topological polar surface area (TPSA) is 49.4 Å². The number of hydrogen-bond acceptors (Lipinski definition) is 4. The summed E-state index contributed by atoms with van der Waals surface area (Å²) in [6.07, 6.45) is 3.92. The van der Waals surface area contributed by atoms with Crippen molar-refractivity contribution in [2.45, 2.75) is 24.0 Å². The van der Waals surface area contributed by atoms with Crippen molar-refractivity contribution in [3.8, 4) is 0 Å². The number of amides is 2. The maximum atomic E-state index is 12.8. The second-order valence-corrected chi connectivity index (χ2v) is 9.56. The number of carbonyl (C=O) groups is 2. The minimum absolute atomic E-state index is 0.0687. The van der Waals surface area contributed by atoms with E-state index in [1.807, 2.05) is 66.0 Å². The van der Waals surface area contributed by atoms with Gasteiger partial charge < -0.3 is 10.2 Å². The average Bonchev–Trinajstić information content (AvgIpc) is 3.23. The lowest BCUT2D eigenvalue weighted by atomic mass is 9.93. The summed E-state index contributed by atoms with van der Waals surface area (Å²) in [7, 11) is 0. The molecule has 28 heavy (non-hydrogen) atoms. The highest BCUT2D eigenvalue weighted by Gasteiger charge is 2.28. The van der Waals surface area contributed by atoms with Crippen LogP contribution in [0.1, 0.15) is 40.7 Å². The highest BCUT2D eigenvalue weighted by Crippen LogP contribution is 2.45. The predicted molar refractivity (Wildman–Crippen MR) is 118 cm³/mol. The Balaban J connectivity index is 1.50. The van der Waals surface area contributed by atoms with E-state index in [9.17, 15) is 9.59 Å². The van der Waals surface area contributed by atoms with Crippen molar-refractivity contribution < 1.29 is 9.59 Å². The molecule has 0 saturated carbocycles. The fraction of sp³-hybridized carbons (Fsp3) is 0.273. The van der Waals surface area contributed by atoms with Crippen LogP contribution in [0.15, 0.2) is 54.7 Å². The Morgan fingerprint density at radius 3 is 2.68 bits per heavy atom. The molecule has 2 aromatic rings. The molecule has 0 spiro atoms. The Labute approximate surface area is 173 Å². The molecular weight excluding hydrogens is 388 g/mol. The maximum absolute atomic E-state index is 12.8. The summed E-state index contributed by atoms with van der Waals surface area (Å²) < 4.78 is 0.445. The van der Waals surface area contributed by atoms with Gasteiger partial charge in [0.1, 0.15) is 0 Å². The summed E-state index contributed by atoms with van der Waals surface area (Å²) in [5.41, 5.74) is 4.10. The zero-order chi connectivity index (χ0) is 19.5. The third-order valence-corrected chi connectivity index (χ3v) is 8.02. The van der Waals surface area contributed by atoms with Gasteiger partial charge in [-0.3, -0.25) is 9.59 Å². The van der Waals surface area contributed by atoms with Crippen molar-refractivity contribution in [3.05, 3.63) is 71.4 Å². The van der Waals surface area contributed by atoms with Crippen LogP contribution in [-0.4, -0.2) is 28.2 Å². The van der Waals surface area contributed by atoms with Gasteiger partial charge in [-0.1, -0.05) is 36.4 Å². The predicted octanol–water partition coefficient (Wildman–Crippen LogP) is 5.07. The third kappa shape index (κ3) is 4.13. The van der Waals surface area contributed by atoms with Crippen molar-refractivity contribution in [3.63, 3.8) is 0 Å². The van der Waals surface area contributed by atoms with Gasteiger partial charge in [0.25, 0.3) is 0 Å². The Kier molecular flexibility index (Phi) is 5.78. The van der Waals surface area contributed by atoms with Gasteiger partial charge in [-0.05, 0) is 34.9 Å². The SMILES string of the molecule is CC(=O)N1C=Cc2ccccc2[C@H]1CC(=O)Nc1cccc(C2SCCS2)c1. The van der Waals surface area contributed by atoms with Gasteiger partial charge in [0.15, 0.2) is 0 Å². The van der Waals surface area contributed by atoms with Crippen LogP contribution in [0, 0.1) is 0 Å². The molecule has 1 saturated heterocycles. The molecule has 6 heteroatoms. The number of thioether (sulfide) groups is 2. The van der Waals surface area contributed by atoms with Crippen LogP contribution in [0.5, 0.6) is 0 Å². The van der Waals surface area contributed by atoms with Gasteiger partial charge in [0.2, 0.25) is 11.8 Å². The van der Waals surface area contributed by atoms with Crippen molar-refractivity contribution in [2.75, 3.05) is 16.8 Å². The molecule has 0 unspecified atom stereocenters. The van der Waals surface area contributed by atoms with E-state index in [4.69, 9.17) is 0 Å². The third-order valence-electron chi connectivity index (χ3n) is 4.91. The van der Waals surface area contributed by atoms with Crippen LogP contribution in [0.25, 0.3) is 6.08 Å². The Morgan fingerprint density at radius 1 is 1.11 bits per heavy atom. The minimum atomic E-state index is -0.289. The lowest BCUT2D eigenvalue weighted by molar-refractivity contribution is -0.129. The number of benzene rings is 2. The van der Waals surface area contributed by atoms with Crippen molar-refractivity contribution >= 4 is 47.1 Å². The van der Waals surface area contributed by atoms with Crippen molar-refractivity contribution in [1.29, 1.82) is 0 Å². The highest BCUT2D eigenvalue weighted by atomic mass is 32.2. The second-order valence-electron chi connectivity index (χ2n) is 6.84. The van der Waals surface area contributed by atoms with E-state index in [2.05, 4.69) is 17.4 Å². The van der Waals surface area contributed by atoms with Crippen LogP contribution in [0.2, 0.25) is 0 Å². The Bertz CT molecular complexity index is 922. The molecule has 2 aromatic carbocycles. The number of anilines is 1. The molecule has 4 nitrogen and oxygen atoms in total. The molecule has 1 N–H and O–H groups in total. The maximum Gasteiger partial charge on any atom is 0.226 e. The van der Waals surface area contributed by atoms with Gasteiger partial charge >= 0.3 is 0 Å². The monoisotopic (exact) mass is 410 g/mol. The van der Waals surface area contributed by atoms with Gasteiger partial charge in [0.05, 0.1) is 17.0 Å². The summed E-state index contributed by atoms with van der Waals surface area (Å²) >= 11 is 3.89. The largest absolute Gasteiger partial charge is 0.326 e. The smallest absolute Gasteiger partial charge is 0.226 e. The molecule has 0 aromatic heterocycles. The first-order valence-corrected chi connectivity index (χ1v) is 11.4. The van der Waals surface area contributed by atoms with E-state index in [1.54, 1.807) is 11.1 Å². The normalized spacial score (nSPS) is 18.8. The van der Waals surface area contributed by atoms with Crippen molar-refractivity contribution in [1.82, 2.24) is 4.90 Å². The number of nitrogens with one attached hydrogen (secondary N) is 1. The van der Waals surface area contributed by atoms with Crippen LogP contribution < -0.4 is 5.32 Å². The fourth-order valence-corrected chi connectivity index (χ4v) is 6.45. The molecule has 4 rings (SSSR count). The lowest BCUT2D eigenvalue weighted by Crippen LogP contribution is -2.33. The molecule has 2 amide bonds. The number of hydrogen-bond donors (Lipinski definition) is 1. The average molecular weight is 411 g/mol. The standard InChI is InChI=1S/C22H22N2O2S2/c1-15(25)24-10-9-16-5-2-3-8-19(16)20(24)14-21(26)23-18-7-4-6-17(13-18)22-27-11-12-28-22/h2-10,13,20,22H,11-12,14H2,1H3,(H,23,26)/t20-/m1/s1. The van der Waals surface area contributed by atoms with Crippen molar-refractivity contribution in [2.24, 2.45) is 0 Å². The van der Waals surface area contributed by atoms with Crippen LogP contribution in [0.3, 0.4) is 0 Å². The number of nitrogens with zero attached hydrogens (tertiary/aromatic N) is 1. The Morgan fingerprint density at radius 2 is 1.89 bits per heavy atom. The van der Waals surface area contributed by atoms with Crippen LogP contribution in [-0.2, 0) is 9.59 Å². The summed E-state index contributed by atoms with van der Waals surface area (Å²) in [4.78, 5) is 26.5. The van der Waals surface area contributed by atoms with E-state index in [1.165, 1.54) is 24.0 Å². The van der Waals surface area contributed by atoms with Gasteiger partial charge in [-0.25, -0.2) is 0 Å². The zero-order valence-corrected chi connectivity index (χ0v) is 17.3. The molecule has 0 bridgehead atoms. The molecule has 2 aliphatic rings. The second kappa shape index (κ2) is 8.45. The molecule has 144 valence electrons. The first kappa shape index (κ1) is 19.2. The molecule has 2 aliphatic heterocycles.